The molecule has 0 N–H and O–H groups in total. The van der Waals surface area contributed by atoms with E-state index < -0.39 is 5.97 Å². The van der Waals surface area contributed by atoms with Gasteiger partial charge in [-0.2, -0.15) is 4.79 Å². The molecule has 0 atom stereocenters. The summed E-state index contributed by atoms with van der Waals surface area (Å²) in [6.45, 7) is 7.70. The van der Waals surface area contributed by atoms with E-state index in [0.717, 1.165) is 16.7 Å². The molecule has 0 saturated heterocycles. The van der Waals surface area contributed by atoms with Crippen LogP contribution in [0.25, 0.3) is 5.53 Å². The number of carbonyl (C=O) groups excluding carboxylic acids is 1. The third-order valence-electron chi connectivity index (χ3n) is 2.85. The first kappa shape index (κ1) is 19.5. The van der Waals surface area contributed by atoms with E-state index in [1.54, 1.807) is 0 Å². The molecule has 0 unspecified atom stereocenters. The molecule has 0 spiro atoms. The highest BCUT2D eigenvalue weighted by atomic mass is 16.5. The van der Waals surface area contributed by atoms with Gasteiger partial charge in [-0.3, -0.25) is 0 Å². The van der Waals surface area contributed by atoms with Gasteiger partial charge in [0, 0.05) is 0 Å². The molecule has 6 nitrogen and oxygen atoms in total. The monoisotopic (exact) mass is 330 g/mol. The first-order valence-electron chi connectivity index (χ1n) is 7.49. The number of rotatable bonds is 11. The normalized spacial score (nSPS) is 10.4. The van der Waals surface area contributed by atoms with E-state index in [9.17, 15) is 4.79 Å². The Morgan fingerprint density at radius 2 is 1.79 bits per heavy atom. The lowest BCUT2D eigenvalue weighted by atomic mass is 10.1. The second-order valence-corrected chi connectivity index (χ2v) is 5.08. The van der Waals surface area contributed by atoms with Gasteiger partial charge in [-0.15, -0.1) is 0 Å². The van der Waals surface area contributed by atoms with Crippen molar-refractivity contribution in [3.05, 3.63) is 65.2 Å². The van der Waals surface area contributed by atoms with Gasteiger partial charge < -0.3 is 19.7 Å². The van der Waals surface area contributed by atoms with Crippen LogP contribution in [0.5, 0.6) is 0 Å². The fourth-order valence-corrected chi connectivity index (χ4v) is 1.75. The molecule has 0 aliphatic heterocycles. The number of ether oxygens (including phenoxy) is 3. The van der Waals surface area contributed by atoms with Crippen LogP contribution in [0.15, 0.2) is 48.6 Å². The Hall–Kier alpha value is -2.53. The molecule has 0 aliphatic rings. The minimum absolute atomic E-state index is 0.0922. The maximum Gasteiger partial charge on any atom is 0.413 e. The number of esters is 1. The predicted molar refractivity (Wildman–Crippen MR) is 90.4 cm³/mol. The Labute approximate surface area is 142 Å². The first-order valence-corrected chi connectivity index (χ1v) is 7.49. The number of nitrogens with zero attached hydrogens (tertiary/aromatic N) is 2. The molecule has 1 aromatic rings. The van der Waals surface area contributed by atoms with Crippen LogP contribution in [-0.2, 0) is 32.2 Å². The van der Waals surface area contributed by atoms with Gasteiger partial charge in [-0.1, -0.05) is 48.6 Å². The van der Waals surface area contributed by atoms with E-state index in [2.05, 4.69) is 11.4 Å². The average Bonchev–Trinajstić information content (AvgIpc) is 2.56. The van der Waals surface area contributed by atoms with E-state index >= 15 is 0 Å². The quantitative estimate of drug-likeness (QED) is 0.156. The van der Waals surface area contributed by atoms with E-state index in [-0.39, 0.29) is 6.61 Å². The third-order valence-corrected chi connectivity index (χ3v) is 2.85. The number of benzene rings is 1. The average molecular weight is 330 g/mol. The summed E-state index contributed by atoms with van der Waals surface area (Å²) in [5.74, 6) is -0.703. The summed E-state index contributed by atoms with van der Waals surface area (Å²) in [4.78, 5) is 13.8. The van der Waals surface area contributed by atoms with Gasteiger partial charge in [-0.25, -0.2) is 4.79 Å². The second-order valence-electron chi connectivity index (χ2n) is 5.08. The van der Waals surface area contributed by atoms with E-state index in [4.69, 9.17) is 19.7 Å². The summed E-state index contributed by atoms with van der Waals surface area (Å²) < 4.78 is 15.9. The van der Waals surface area contributed by atoms with Crippen LogP contribution in [0.3, 0.4) is 0 Å². The molecular weight excluding hydrogens is 308 g/mol. The molecule has 1 rings (SSSR count). The van der Waals surface area contributed by atoms with Gasteiger partial charge in [0.25, 0.3) is 0 Å². The zero-order valence-electron chi connectivity index (χ0n) is 13.8. The highest BCUT2D eigenvalue weighted by Gasteiger charge is 2.07. The Morgan fingerprint density at radius 3 is 2.42 bits per heavy atom. The summed E-state index contributed by atoms with van der Waals surface area (Å²) >= 11 is 0. The highest BCUT2D eigenvalue weighted by molar-refractivity contribution is 6.20. The second kappa shape index (κ2) is 12.0. The van der Waals surface area contributed by atoms with Crippen molar-refractivity contribution in [1.29, 1.82) is 0 Å². The molecule has 6 heteroatoms. The molecule has 0 amide bonds. The third kappa shape index (κ3) is 8.80. The van der Waals surface area contributed by atoms with Gasteiger partial charge in [0.05, 0.1) is 26.4 Å². The zero-order chi connectivity index (χ0) is 17.6. The van der Waals surface area contributed by atoms with Crippen molar-refractivity contribution < 1.29 is 23.8 Å². The molecule has 0 aromatic heterocycles. The van der Waals surface area contributed by atoms with Crippen molar-refractivity contribution >= 4 is 12.2 Å². The highest BCUT2D eigenvalue weighted by Crippen LogP contribution is 2.11. The maximum absolute atomic E-state index is 11.2. The van der Waals surface area contributed by atoms with Crippen molar-refractivity contribution in [3.8, 4) is 0 Å². The first-order chi connectivity index (χ1) is 11.6. The van der Waals surface area contributed by atoms with Crippen molar-refractivity contribution in [1.82, 2.24) is 0 Å². The molecule has 0 fully saturated rings. The Morgan fingerprint density at radius 1 is 1.17 bits per heavy atom. The fourth-order valence-electron chi connectivity index (χ4n) is 1.75. The fraction of sp³-hybridized carbons (Fsp3) is 0.333. The van der Waals surface area contributed by atoms with Gasteiger partial charge in [-0.05, 0) is 18.1 Å². The van der Waals surface area contributed by atoms with Crippen molar-refractivity contribution in [2.24, 2.45) is 0 Å². The van der Waals surface area contributed by atoms with Crippen molar-refractivity contribution in [2.45, 2.75) is 20.1 Å². The lowest BCUT2D eigenvalue weighted by Gasteiger charge is -2.08. The zero-order valence-corrected chi connectivity index (χ0v) is 13.8. The van der Waals surface area contributed by atoms with Gasteiger partial charge in [0.15, 0.2) is 0 Å². The Bertz CT molecular complexity index is 619. The molecule has 24 heavy (non-hydrogen) atoms. The predicted octanol–water partition coefficient (Wildman–Crippen LogP) is 2.70. The lowest BCUT2D eigenvalue weighted by molar-refractivity contribution is -0.140. The standard InChI is InChI=1S/C18H22N2O4/c1-15(2)12-22-9-5-6-10-23-13-16-7-3-4-8-17(16)14-24-18(21)11-20-19/h3-8,11H,1,9-10,12-14H2,2H3/b6-5+. The molecule has 0 aliphatic carbocycles. The molecule has 128 valence electrons. The van der Waals surface area contributed by atoms with Crippen LogP contribution < -0.4 is 0 Å². The minimum Gasteiger partial charge on any atom is -0.452 e. The number of carbonyl (C=O) groups is 1. The minimum atomic E-state index is -0.703. The topological polar surface area (TPSA) is 81.2 Å². The molecule has 0 radical (unpaired) electrons. The Balaban J connectivity index is 2.34. The van der Waals surface area contributed by atoms with Gasteiger partial charge in [0.1, 0.15) is 6.61 Å². The Kier molecular flexibility index (Phi) is 9.73. The summed E-state index contributed by atoms with van der Waals surface area (Å²) in [7, 11) is 0. The summed E-state index contributed by atoms with van der Waals surface area (Å²) in [5.41, 5.74) is 11.0. The smallest absolute Gasteiger partial charge is 0.413 e. The SMILES string of the molecule is C=C(C)COC/C=C/COCc1ccccc1COC(=O)C=[N+]=[N-]. The van der Waals surface area contributed by atoms with Crippen LogP contribution >= 0.6 is 0 Å². The summed E-state index contributed by atoms with van der Waals surface area (Å²) in [5, 5.41) is 0. The van der Waals surface area contributed by atoms with Crippen LogP contribution in [0, 0.1) is 0 Å². The van der Waals surface area contributed by atoms with Crippen LogP contribution in [-0.4, -0.2) is 36.8 Å². The molecule has 1 aromatic carbocycles. The van der Waals surface area contributed by atoms with Gasteiger partial charge >= 0.3 is 12.2 Å². The molecular formula is C18H22N2O4. The van der Waals surface area contributed by atoms with Gasteiger partial charge in [0.2, 0.25) is 0 Å². The van der Waals surface area contributed by atoms with E-state index in [1.807, 2.05) is 43.3 Å². The van der Waals surface area contributed by atoms with Crippen LogP contribution in [0.1, 0.15) is 18.1 Å². The number of hydrogen-bond acceptors (Lipinski definition) is 4. The molecule has 0 bridgehead atoms. The maximum atomic E-state index is 11.2. The van der Waals surface area contributed by atoms with E-state index in [0.29, 0.717) is 32.6 Å². The summed E-state index contributed by atoms with van der Waals surface area (Å²) in [6.07, 6.45) is 4.49. The van der Waals surface area contributed by atoms with Crippen LogP contribution in [0.2, 0.25) is 0 Å². The summed E-state index contributed by atoms with van der Waals surface area (Å²) in [6, 6.07) is 7.50. The molecule has 0 heterocycles. The van der Waals surface area contributed by atoms with Crippen molar-refractivity contribution in [3.63, 3.8) is 0 Å². The van der Waals surface area contributed by atoms with Crippen molar-refractivity contribution in [2.75, 3.05) is 19.8 Å². The molecule has 0 saturated carbocycles. The van der Waals surface area contributed by atoms with Crippen LogP contribution in [0.4, 0.5) is 0 Å². The largest absolute Gasteiger partial charge is 0.452 e. The van der Waals surface area contributed by atoms with E-state index in [1.165, 1.54) is 0 Å². The lowest BCUT2D eigenvalue weighted by Crippen LogP contribution is -2.08. The number of hydrogen-bond donors (Lipinski definition) is 0.